The topological polar surface area (TPSA) is 15.3 Å². The number of thiophene rings is 1. The molecule has 0 aliphatic carbocycles. The third-order valence-electron chi connectivity index (χ3n) is 3.80. The molecule has 1 aliphatic heterocycles. The van der Waals surface area contributed by atoms with E-state index in [1.165, 1.54) is 30.9 Å². The van der Waals surface area contributed by atoms with Crippen LogP contribution in [0.3, 0.4) is 0 Å². The molecule has 1 aromatic rings. The molecule has 2 unspecified atom stereocenters. The van der Waals surface area contributed by atoms with E-state index in [0.717, 1.165) is 24.9 Å². The number of hydrogen-bond acceptors (Lipinski definition) is 3. The van der Waals surface area contributed by atoms with Gasteiger partial charge in [-0.15, -0.1) is 11.3 Å². The molecule has 0 saturated carbocycles. The van der Waals surface area contributed by atoms with E-state index < -0.39 is 0 Å². The van der Waals surface area contributed by atoms with Gasteiger partial charge in [0.2, 0.25) is 0 Å². The van der Waals surface area contributed by atoms with E-state index in [9.17, 15) is 0 Å². The minimum absolute atomic E-state index is 0.876. The van der Waals surface area contributed by atoms with Crippen LogP contribution in [0.2, 0.25) is 0 Å². The summed E-state index contributed by atoms with van der Waals surface area (Å²) in [6.45, 7) is 10.8. The Morgan fingerprint density at radius 3 is 2.71 bits per heavy atom. The summed E-state index contributed by atoms with van der Waals surface area (Å²) < 4.78 is 0. The Balaban J connectivity index is 1.52. The maximum atomic E-state index is 3.55. The van der Waals surface area contributed by atoms with Gasteiger partial charge in [0, 0.05) is 37.6 Å². The normalized spacial score (nSPS) is 25.5. The Morgan fingerprint density at radius 2 is 2.06 bits per heavy atom. The van der Waals surface area contributed by atoms with Gasteiger partial charge in [-0.05, 0) is 29.7 Å². The smallest absolute Gasteiger partial charge is 0.0107 e. The van der Waals surface area contributed by atoms with Crippen LogP contribution in [0, 0.1) is 11.8 Å². The minimum atomic E-state index is 0.876. The summed E-state index contributed by atoms with van der Waals surface area (Å²) in [6.07, 6.45) is 1.17. The Labute approximate surface area is 109 Å². The lowest BCUT2D eigenvalue weighted by Crippen LogP contribution is -2.31. The third-order valence-corrected chi connectivity index (χ3v) is 4.73. The largest absolute Gasteiger partial charge is 0.315 e. The lowest BCUT2D eigenvalue weighted by molar-refractivity contribution is 0.322. The fraction of sp³-hybridized carbons (Fsp3) is 0.714. The summed E-state index contributed by atoms with van der Waals surface area (Å²) in [6, 6.07) is 4.35. The molecule has 2 heterocycles. The predicted molar refractivity (Wildman–Crippen MR) is 75.7 cm³/mol. The zero-order valence-corrected chi connectivity index (χ0v) is 11.8. The van der Waals surface area contributed by atoms with Crippen LogP contribution in [-0.2, 0) is 6.42 Å². The van der Waals surface area contributed by atoms with Crippen molar-refractivity contribution in [3.05, 3.63) is 22.4 Å². The molecule has 1 aliphatic rings. The lowest BCUT2D eigenvalue weighted by Gasteiger charge is -2.15. The van der Waals surface area contributed by atoms with Crippen molar-refractivity contribution in [2.45, 2.75) is 20.3 Å². The molecule has 1 N–H and O–H groups in total. The Kier molecular flexibility index (Phi) is 5.01. The fourth-order valence-electron chi connectivity index (χ4n) is 2.46. The van der Waals surface area contributed by atoms with Crippen LogP contribution in [0.4, 0.5) is 0 Å². The van der Waals surface area contributed by atoms with Gasteiger partial charge in [0.15, 0.2) is 0 Å². The summed E-state index contributed by atoms with van der Waals surface area (Å²) in [4.78, 5) is 4.08. The van der Waals surface area contributed by atoms with Gasteiger partial charge >= 0.3 is 0 Å². The summed E-state index contributed by atoms with van der Waals surface area (Å²) in [5, 5.41) is 5.70. The second-order valence-electron chi connectivity index (χ2n) is 5.29. The molecular weight excluding hydrogens is 228 g/mol. The van der Waals surface area contributed by atoms with Gasteiger partial charge in [-0.2, -0.15) is 0 Å². The van der Waals surface area contributed by atoms with Crippen molar-refractivity contribution in [1.82, 2.24) is 10.2 Å². The molecule has 1 fully saturated rings. The molecule has 1 aromatic heterocycles. The Hall–Kier alpha value is -0.380. The maximum Gasteiger partial charge on any atom is 0.0107 e. The zero-order chi connectivity index (χ0) is 12.1. The summed E-state index contributed by atoms with van der Waals surface area (Å²) in [7, 11) is 0. The van der Waals surface area contributed by atoms with Gasteiger partial charge in [-0.1, -0.05) is 19.9 Å². The van der Waals surface area contributed by atoms with Crippen molar-refractivity contribution >= 4 is 11.3 Å². The van der Waals surface area contributed by atoms with Gasteiger partial charge in [-0.25, -0.2) is 0 Å². The molecular formula is C14H24N2S. The van der Waals surface area contributed by atoms with Gasteiger partial charge < -0.3 is 10.2 Å². The standard InChI is InChI=1S/C14H24N2S/c1-12-10-16(11-13(12)2)8-7-15-6-5-14-4-3-9-17-14/h3-4,9,12-13,15H,5-8,10-11H2,1-2H3. The molecule has 96 valence electrons. The molecule has 0 aromatic carbocycles. The highest BCUT2D eigenvalue weighted by atomic mass is 32.1. The first kappa shape index (κ1) is 13.1. The van der Waals surface area contributed by atoms with Crippen molar-refractivity contribution in [1.29, 1.82) is 0 Å². The molecule has 0 spiro atoms. The monoisotopic (exact) mass is 252 g/mol. The van der Waals surface area contributed by atoms with Crippen LogP contribution >= 0.6 is 11.3 Å². The van der Waals surface area contributed by atoms with Crippen molar-refractivity contribution in [3.8, 4) is 0 Å². The van der Waals surface area contributed by atoms with Gasteiger partial charge in [-0.3, -0.25) is 0 Å². The molecule has 1 saturated heterocycles. The number of likely N-dealkylation sites (tertiary alicyclic amines) is 1. The SMILES string of the molecule is CC1CN(CCNCCc2cccs2)CC1C. The van der Waals surface area contributed by atoms with E-state index in [1.807, 2.05) is 11.3 Å². The van der Waals surface area contributed by atoms with Crippen molar-refractivity contribution in [2.75, 3.05) is 32.7 Å². The number of rotatable bonds is 6. The van der Waals surface area contributed by atoms with Crippen molar-refractivity contribution < 1.29 is 0 Å². The van der Waals surface area contributed by atoms with E-state index in [4.69, 9.17) is 0 Å². The molecule has 0 amide bonds. The van der Waals surface area contributed by atoms with Crippen LogP contribution in [0.1, 0.15) is 18.7 Å². The number of nitrogens with zero attached hydrogens (tertiary/aromatic N) is 1. The Morgan fingerprint density at radius 1 is 1.29 bits per heavy atom. The first-order valence-corrected chi connectivity index (χ1v) is 7.59. The quantitative estimate of drug-likeness (QED) is 0.783. The van der Waals surface area contributed by atoms with E-state index in [1.54, 1.807) is 0 Å². The van der Waals surface area contributed by atoms with Crippen molar-refractivity contribution in [2.24, 2.45) is 11.8 Å². The van der Waals surface area contributed by atoms with Crippen LogP contribution in [0.15, 0.2) is 17.5 Å². The summed E-state index contributed by atoms with van der Waals surface area (Å²) in [5.41, 5.74) is 0. The highest BCUT2D eigenvalue weighted by molar-refractivity contribution is 7.09. The zero-order valence-electron chi connectivity index (χ0n) is 11.0. The second-order valence-corrected chi connectivity index (χ2v) is 6.33. The van der Waals surface area contributed by atoms with Crippen molar-refractivity contribution in [3.63, 3.8) is 0 Å². The average Bonchev–Trinajstić information content (AvgIpc) is 2.90. The Bertz CT molecular complexity index is 300. The van der Waals surface area contributed by atoms with Gasteiger partial charge in [0.25, 0.3) is 0 Å². The summed E-state index contributed by atoms with van der Waals surface area (Å²) >= 11 is 1.86. The van der Waals surface area contributed by atoms with E-state index >= 15 is 0 Å². The highest BCUT2D eigenvalue weighted by Gasteiger charge is 2.24. The number of nitrogens with one attached hydrogen (secondary N) is 1. The maximum absolute atomic E-state index is 3.55. The van der Waals surface area contributed by atoms with Gasteiger partial charge in [0.05, 0.1) is 0 Å². The summed E-state index contributed by atoms with van der Waals surface area (Å²) in [5.74, 6) is 1.75. The molecule has 17 heavy (non-hydrogen) atoms. The predicted octanol–water partition coefficient (Wildman–Crippen LogP) is 2.47. The minimum Gasteiger partial charge on any atom is -0.315 e. The molecule has 2 nitrogen and oxygen atoms in total. The van der Waals surface area contributed by atoms with Crippen LogP contribution in [0.25, 0.3) is 0 Å². The van der Waals surface area contributed by atoms with Gasteiger partial charge in [0.1, 0.15) is 0 Å². The first-order valence-electron chi connectivity index (χ1n) is 6.71. The average molecular weight is 252 g/mol. The fourth-order valence-corrected chi connectivity index (χ4v) is 3.17. The number of hydrogen-bond donors (Lipinski definition) is 1. The highest BCUT2D eigenvalue weighted by Crippen LogP contribution is 2.21. The van der Waals surface area contributed by atoms with E-state index in [2.05, 4.69) is 41.6 Å². The molecule has 2 rings (SSSR count). The first-order chi connectivity index (χ1) is 8.25. The van der Waals surface area contributed by atoms with Crippen LogP contribution in [-0.4, -0.2) is 37.6 Å². The third kappa shape index (κ3) is 4.09. The van der Waals surface area contributed by atoms with E-state index in [-0.39, 0.29) is 0 Å². The molecule has 0 radical (unpaired) electrons. The molecule has 0 bridgehead atoms. The van der Waals surface area contributed by atoms with Crippen LogP contribution < -0.4 is 5.32 Å². The lowest BCUT2D eigenvalue weighted by atomic mass is 10.0. The second kappa shape index (κ2) is 6.53. The molecule has 3 heteroatoms. The van der Waals surface area contributed by atoms with Crippen LogP contribution in [0.5, 0.6) is 0 Å². The van der Waals surface area contributed by atoms with E-state index in [0.29, 0.717) is 0 Å². The molecule has 2 atom stereocenters.